The summed E-state index contributed by atoms with van der Waals surface area (Å²) in [7, 11) is 0. The van der Waals surface area contributed by atoms with Gasteiger partial charge in [-0.05, 0) is 32.1 Å². The average molecular weight is 1420 g/mol. The summed E-state index contributed by atoms with van der Waals surface area (Å²) < 4.78 is 90.2. The maximum atomic E-state index is 12.1. The van der Waals surface area contributed by atoms with E-state index in [1.807, 2.05) is 12.4 Å². The van der Waals surface area contributed by atoms with E-state index < -0.39 is 0 Å². The van der Waals surface area contributed by atoms with Crippen LogP contribution in [0.1, 0.15) is 88.9 Å². The van der Waals surface area contributed by atoms with Crippen molar-refractivity contribution in [3.63, 3.8) is 0 Å². The summed E-state index contributed by atoms with van der Waals surface area (Å²) in [5.74, 6) is 0.870. The zero-order valence-corrected chi connectivity index (χ0v) is 59.0. The summed E-state index contributed by atoms with van der Waals surface area (Å²) in [5.41, 5.74) is 6.84. The predicted molar refractivity (Wildman–Crippen MR) is 360 cm³/mol. The van der Waals surface area contributed by atoms with Gasteiger partial charge in [0.2, 0.25) is 23.6 Å². The molecule has 2 rings (SSSR count). The lowest BCUT2D eigenvalue weighted by Crippen LogP contribution is -2.31. The van der Waals surface area contributed by atoms with Gasteiger partial charge in [0.05, 0.1) is 203 Å². The number of nitrogens with one attached hydrogen (secondary N) is 4. The molecule has 560 valence electrons. The Hall–Kier alpha value is -3.94. The maximum Gasteiger partial charge on any atom is 0.246 e. The minimum atomic E-state index is -0.205. The maximum absolute atomic E-state index is 12.1. The van der Waals surface area contributed by atoms with Gasteiger partial charge in [-0.3, -0.25) is 19.2 Å². The molecule has 0 fully saturated rings. The smallest absolute Gasteiger partial charge is 0.246 e. The first kappa shape index (κ1) is 90.1. The van der Waals surface area contributed by atoms with Crippen LogP contribution in [-0.4, -0.2) is 310 Å². The number of carbonyl (C=O) groups is 4. The third-order valence-electron chi connectivity index (χ3n) is 12.7. The van der Waals surface area contributed by atoms with E-state index in [1.165, 1.54) is 0 Å². The van der Waals surface area contributed by atoms with Crippen molar-refractivity contribution in [3.05, 3.63) is 23.8 Å². The number of hydrogen-bond donors (Lipinski definition) is 5. The van der Waals surface area contributed by atoms with Crippen LogP contribution in [-0.2, 0) is 121 Å². The quantitative estimate of drug-likeness (QED) is 0.0468. The standard InChI is InChI=1S/C32H60ClN5O10.C31H59ClN6O10/c1-2-13-41-18-23-46-25-22-45-17-12-38-28-30(36-37-38)7-8-31(39)34-10-15-43-21-24-47-26-27-48-29-32(40)35-11-16-44-20-19-42-14-6-4-3-5-9-33;32-7-3-1-2-4-12-41-17-19-44-15-10-35-31(40)28-48-26-25-47-23-20-43-14-9-34-30(39)6-5-29-27-38(37-36-29)11-16-45-21-24-46-22-18-42-13-8-33/h28H,2-27,29H2,1H3,(H,34,39)(H,35,40);27H,1-26,28,33H2,(H,34,39)(H,35,40). The lowest BCUT2D eigenvalue weighted by Gasteiger charge is -2.09. The number of alkyl halides is 2. The Morgan fingerprint density at radius 2 is 0.635 bits per heavy atom. The van der Waals surface area contributed by atoms with Crippen molar-refractivity contribution in [1.29, 1.82) is 0 Å². The molecule has 6 N–H and O–H groups in total. The van der Waals surface area contributed by atoms with Crippen LogP contribution < -0.4 is 27.0 Å². The van der Waals surface area contributed by atoms with Crippen LogP contribution in [0.2, 0.25) is 0 Å². The van der Waals surface area contributed by atoms with Gasteiger partial charge in [0.1, 0.15) is 13.2 Å². The molecular weight excluding hydrogens is 1300 g/mol. The number of unbranched alkanes of at least 4 members (excludes halogenated alkanes) is 6. The lowest BCUT2D eigenvalue weighted by molar-refractivity contribution is -0.127. The molecule has 0 aliphatic rings. The molecule has 0 aliphatic carbocycles. The molecule has 2 heterocycles. The predicted octanol–water partition coefficient (Wildman–Crippen LogP) is 2.12. The Morgan fingerprint density at radius 1 is 0.354 bits per heavy atom. The van der Waals surface area contributed by atoms with E-state index in [9.17, 15) is 19.2 Å². The van der Waals surface area contributed by atoms with E-state index in [4.69, 9.17) is 105 Å². The van der Waals surface area contributed by atoms with Crippen LogP contribution >= 0.6 is 23.2 Å². The van der Waals surface area contributed by atoms with Crippen molar-refractivity contribution >= 4 is 46.8 Å². The van der Waals surface area contributed by atoms with Crippen molar-refractivity contribution in [2.24, 2.45) is 5.73 Å². The highest BCUT2D eigenvalue weighted by Gasteiger charge is 2.09. The number of halogens is 2. The van der Waals surface area contributed by atoms with Crippen molar-refractivity contribution in [3.8, 4) is 0 Å². The van der Waals surface area contributed by atoms with Crippen molar-refractivity contribution in [2.45, 2.75) is 103 Å². The molecule has 2 aromatic rings. The second-order valence-corrected chi connectivity index (χ2v) is 21.8. The largest absolute Gasteiger partial charge is 0.379 e. The second kappa shape index (κ2) is 73.8. The molecule has 0 unspecified atom stereocenters. The van der Waals surface area contributed by atoms with E-state index in [0.29, 0.717) is 250 Å². The van der Waals surface area contributed by atoms with E-state index in [0.717, 1.165) is 101 Å². The first-order valence-electron chi connectivity index (χ1n) is 34.2. The molecule has 0 spiro atoms. The summed E-state index contributed by atoms with van der Waals surface area (Å²) in [5, 5.41) is 27.5. The van der Waals surface area contributed by atoms with Crippen LogP contribution in [0.3, 0.4) is 0 Å². The lowest BCUT2D eigenvalue weighted by atomic mass is 10.2. The molecule has 31 nitrogen and oxygen atoms in total. The minimum Gasteiger partial charge on any atom is -0.379 e. The number of aryl methyl sites for hydroxylation is 2. The first-order valence-corrected chi connectivity index (χ1v) is 35.3. The fraction of sp³-hybridized carbons (Fsp3) is 0.873. The summed E-state index contributed by atoms with van der Waals surface area (Å²) >= 11 is 11.3. The third-order valence-corrected chi connectivity index (χ3v) is 13.3. The molecule has 0 saturated carbocycles. The van der Waals surface area contributed by atoms with Crippen LogP contribution in [0.4, 0.5) is 0 Å². The van der Waals surface area contributed by atoms with Gasteiger partial charge in [-0.15, -0.1) is 33.4 Å². The number of ether oxygens (including phenoxy) is 16. The topological polar surface area (TPSA) is 352 Å². The van der Waals surface area contributed by atoms with Crippen LogP contribution in [0, 0.1) is 0 Å². The Labute approximate surface area is 579 Å². The molecular formula is C63H119Cl2N11O20. The molecule has 96 heavy (non-hydrogen) atoms. The molecule has 0 saturated heterocycles. The average Bonchev–Trinajstić information content (AvgIpc) is 2.58. The number of carbonyl (C=O) groups excluding carboxylic acids is 4. The van der Waals surface area contributed by atoms with Gasteiger partial charge in [-0.2, -0.15) is 0 Å². The number of rotatable bonds is 74. The number of aromatic nitrogens is 6. The van der Waals surface area contributed by atoms with E-state index in [1.54, 1.807) is 9.36 Å². The summed E-state index contributed by atoms with van der Waals surface area (Å²) in [4.78, 5) is 47.8. The molecule has 0 atom stereocenters. The van der Waals surface area contributed by atoms with Gasteiger partial charge in [-0.25, -0.2) is 9.36 Å². The molecule has 0 aromatic carbocycles. The molecule has 2 aromatic heterocycles. The Bertz CT molecular complexity index is 1880. The van der Waals surface area contributed by atoms with Crippen molar-refractivity contribution < 1.29 is 95.0 Å². The Kier molecular flexibility index (Phi) is 69.2. The van der Waals surface area contributed by atoms with E-state index in [-0.39, 0.29) is 36.8 Å². The highest BCUT2D eigenvalue weighted by atomic mass is 35.5. The highest BCUT2D eigenvalue weighted by Crippen LogP contribution is 2.04. The number of hydrogen-bond acceptors (Lipinski definition) is 25. The van der Waals surface area contributed by atoms with Gasteiger partial charge in [-0.1, -0.05) is 43.0 Å². The molecule has 0 aliphatic heterocycles. The van der Waals surface area contributed by atoms with E-state index in [2.05, 4.69) is 48.8 Å². The Morgan fingerprint density at radius 3 is 0.969 bits per heavy atom. The fourth-order valence-corrected chi connectivity index (χ4v) is 8.10. The van der Waals surface area contributed by atoms with Gasteiger partial charge in [0.25, 0.3) is 0 Å². The molecule has 4 amide bonds. The van der Waals surface area contributed by atoms with Crippen molar-refractivity contribution in [2.75, 3.05) is 256 Å². The summed E-state index contributed by atoms with van der Waals surface area (Å²) in [6.45, 7) is 19.8. The fourth-order valence-electron chi connectivity index (χ4n) is 7.72. The number of nitrogens with zero attached hydrogens (tertiary/aromatic N) is 6. The molecule has 0 radical (unpaired) electrons. The van der Waals surface area contributed by atoms with Gasteiger partial charge in [0.15, 0.2) is 0 Å². The normalized spacial score (nSPS) is 11.3. The SMILES string of the molecule is CCCOCCOCCOCCn1cc(CCC(=O)NCCOCCOCCOCC(=O)NCCOCCOCCCCCCCl)nn1.NCCOCCOCCOCCn1cc(CCC(=O)NCCOCCOCCOCC(=O)NCCOCCOCCCCCCCl)nn1. The minimum absolute atomic E-state index is 0.0354. The monoisotopic (exact) mass is 1420 g/mol. The first-order chi connectivity index (χ1) is 47.3. The number of amides is 4. The van der Waals surface area contributed by atoms with Gasteiger partial charge < -0.3 is 103 Å². The summed E-state index contributed by atoms with van der Waals surface area (Å²) in [6, 6.07) is 0. The van der Waals surface area contributed by atoms with E-state index >= 15 is 0 Å². The highest BCUT2D eigenvalue weighted by molar-refractivity contribution is 6.18. The van der Waals surface area contributed by atoms with Crippen LogP contribution in [0.5, 0.6) is 0 Å². The van der Waals surface area contributed by atoms with Crippen molar-refractivity contribution in [1.82, 2.24) is 51.3 Å². The van der Waals surface area contributed by atoms with Crippen LogP contribution in [0.15, 0.2) is 12.4 Å². The number of nitrogens with two attached hydrogens (primary N) is 1. The van der Waals surface area contributed by atoms with Crippen LogP contribution in [0.25, 0.3) is 0 Å². The zero-order valence-electron chi connectivity index (χ0n) is 57.5. The second-order valence-electron chi connectivity index (χ2n) is 21.0. The van der Waals surface area contributed by atoms with Gasteiger partial charge in [0, 0.05) is 102 Å². The van der Waals surface area contributed by atoms with Gasteiger partial charge >= 0.3 is 0 Å². The zero-order chi connectivity index (χ0) is 69.2. The molecule has 0 bridgehead atoms. The molecule has 33 heteroatoms. The Balaban J connectivity index is 0.000000960. The third kappa shape index (κ3) is 66.0. The summed E-state index contributed by atoms with van der Waals surface area (Å²) in [6.07, 6.45) is 15.0.